The van der Waals surface area contributed by atoms with E-state index in [1.165, 1.54) is 6.20 Å². The Hall–Kier alpha value is -0.880. The van der Waals surface area contributed by atoms with Crippen LogP contribution in [0.5, 0.6) is 0 Å². The Bertz CT molecular complexity index is 482. The number of nitrogens with zero attached hydrogens (tertiary/aromatic N) is 2. The maximum absolute atomic E-state index is 12.6. The van der Waals surface area contributed by atoms with Gasteiger partial charge in [-0.2, -0.15) is 4.31 Å². The zero-order valence-electron chi connectivity index (χ0n) is 12.3. The summed E-state index contributed by atoms with van der Waals surface area (Å²) in [6.07, 6.45) is 4.78. The van der Waals surface area contributed by atoms with Gasteiger partial charge < -0.3 is 4.98 Å². The fraction of sp³-hybridized carbons (Fsp3) is 0.769. The number of unbranched alkanes of at least 4 members (excludes halogenated alkanes) is 1. The molecule has 19 heavy (non-hydrogen) atoms. The summed E-state index contributed by atoms with van der Waals surface area (Å²) in [6, 6.07) is 0.00456. The maximum Gasteiger partial charge on any atom is 0.260 e. The van der Waals surface area contributed by atoms with Gasteiger partial charge in [0.25, 0.3) is 10.0 Å². The summed E-state index contributed by atoms with van der Waals surface area (Å²) in [5.74, 6) is 0.707. The molecular weight excluding hydrogens is 262 g/mol. The van der Waals surface area contributed by atoms with Gasteiger partial charge in [0.2, 0.25) is 0 Å². The summed E-state index contributed by atoms with van der Waals surface area (Å²) in [7, 11) is -3.46. The molecule has 6 heteroatoms. The van der Waals surface area contributed by atoms with Crippen molar-refractivity contribution in [2.75, 3.05) is 6.54 Å². The molecule has 0 aromatic carbocycles. The molecule has 1 rings (SSSR count). The van der Waals surface area contributed by atoms with Crippen LogP contribution in [0.4, 0.5) is 0 Å². The molecule has 0 radical (unpaired) electrons. The van der Waals surface area contributed by atoms with Crippen molar-refractivity contribution in [2.45, 2.75) is 64.4 Å². The molecule has 1 atom stereocenters. The molecule has 1 aromatic heterocycles. The first-order valence-electron chi connectivity index (χ1n) is 7.03. The van der Waals surface area contributed by atoms with E-state index in [1.807, 2.05) is 20.8 Å². The Morgan fingerprint density at radius 2 is 2.05 bits per heavy atom. The molecule has 110 valence electrons. The normalized spacial score (nSPS) is 13.9. The monoisotopic (exact) mass is 287 g/mol. The molecule has 0 fully saturated rings. The van der Waals surface area contributed by atoms with Gasteiger partial charge in [0.15, 0.2) is 5.03 Å². The van der Waals surface area contributed by atoms with Crippen molar-refractivity contribution < 1.29 is 8.42 Å². The smallest absolute Gasteiger partial charge is 0.260 e. The van der Waals surface area contributed by atoms with Crippen LogP contribution in [0, 0.1) is 0 Å². The Balaban J connectivity index is 3.04. The van der Waals surface area contributed by atoms with E-state index in [9.17, 15) is 8.42 Å². The third-order valence-corrected chi connectivity index (χ3v) is 5.26. The molecule has 0 saturated carbocycles. The number of nitrogens with one attached hydrogen (secondary N) is 1. The Morgan fingerprint density at radius 1 is 1.37 bits per heavy atom. The molecule has 0 amide bonds. The summed E-state index contributed by atoms with van der Waals surface area (Å²) < 4.78 is 26.8. The largest absolute Gasteiger partial charge is 0.332 e. The molecule has 1 N–H and O–H groups in total. The molecule has 1 heterocycles. The first-order chi connectivity index (χ1) is 8.97. The van der Waals surface area contributed by atoms with Crippen molar-refractivity contribution >= 4 is 10.0 Å². The lowest BCUT2D eigenvalue weighted by atomic mass is 10.2. The number of sulfonamides is 1. The SMILES string of the molecule is CCCCN(C(C)CC)S(=O)(=O)c1cnc(CC)[nH]1. The van der Waals surface area contributed by atoms with Gasteiger partial charge in [0.1, 0.15) is 5.82 Å². The zero-order chi connectivity index (χ0) is 14.5. The van der Waals surface area contributed by atoms with E-state index in [1.54, 1.807) is 4.31 Å². The highest BCUT2D eigenvalue weighted by atomic mass is 32.2. The quantitative estimate of drug-likeness (QED) is 0.799. The molecule has 0 aliphatic carbocycles. The molecule has 1 aromatic rings. The van der Waals surface area contributed by atoms with Crippen LogP contribution >= 0.6 is 0 Å². The van der Waals surface area contributed by atoms with Gasteiger partial charge in [-0.25, -0.2) is 13.4 Å². The maximum atomic E-state index is 12.6. The summed E-state index contributed by atoms with van der Waals surface area (Å²) >= 11 is 0. The average molecular weight is 287 g/mol. The number of aryl methyl sites for hydroxylation is 1. The number of aromatic nitrogens is 2. The van der Waals surface area contributed by atoms with E-state index in [0.29, 0.717) is 18.8 Å². The van der Waals surface area contributed by atoms with Crippen LogP contribution in [0.2, 0.25) is 0 Å². The number of H-pyrrole nitrogens is 1. The number of hydrogen-bond donors (Lipinski definition) is 1. The highest BCUT2D eigenvalue weighted by Gasteiger charge is 2.29. The second kappa shape index (κ2) is 7.05. The molecular formula is C13H25N3O2S. The van der Waals surface area contributed by atoms with Crippen molar-refractivity contribution in [2.24, 2.45) is 0 Å². The number of hydrogen-bond acceptors (Lipinski definition) is 3. The minimum Gasteiger partial charge on any atom is -0.332 e. The number of imidazole rings is 1. The second-order valence-electron chi connectivity index (χ2n) is 4.77. The predicted octanol–water partition coefficient (Wildman–Crippen LogP) is 2.56. The third kappa shape index (κ3) is 3.79. The highest BCUT2D eigenvalue weighted by Crippen LogP contribution is 2.19. The average Bonchev–Trinajstić information content (AvgIpc) is 2.88. The van der Waals surface area contributed by atoms with Crippen LogP contribution in [0.25, 0.3) is 0 Å². The minimum atomic E-state index is -3.46. The molecule has 0 spiro atoms. The van der Waals surface area contributed by atoms with Gasteiger partial charge >= 0.3 is 0 Å². The molecule has 1 unspecified atom stereocenters. The van der Waals surface area contributed by atoms with Crippen LogP contribution < -0.4 is 0 Å². The van der Waals surface area contributed by atoms with Crippen molar-refractivity contribution in [3.05, 3.63) is 12.0 Å². The first-order valence-corrected chi connectivity index (χ1v) is 8.47. The molecule has 0 saturated heterocycles. The Labute approximate surface area is 116 Å². The van der Waals surface area contributed by atoms with Crippen molar-refractivity contribution in [1.82, 2.24) is 14.3 Å². The summed E-state index contributed by atoms with van der Waals surface area (Å²) in [5, 5.41) is 0.209. The van der Waals surface area contributed by atoms with E-state index < -0.39 is 10.0 Å². The van der Waals surface area contributed by atoms with Crippen LogP contribution in [0.1, 0.15) is 52.8 Å². The summed E-state index contributed by atoms with van der Waals surface area (Å²) in [4.78, 5) is 6.99. The predicted molar refractivity (Wildman–Crippen MR) is 76.5 cm³/mol. The highest BCUT2D eigenvalue weighted by molar-refractivity contribution is 7.89. The van der Waals surface area contributed by atoms with Gasteiger partial charge in [0.05, 0.1) is 6.20 Å². The van der Waals surface area contributed by atoms with Crippen LogP contribution in [0.15, 0.2) is 11.2 Å². The second-order valence-corrected chi connectivity index (χ2v) is 6.63. The minimum absolute atomic E-state index is 0.00456. The summed E-state index contributed by atoms with van der Waals surface area (Å²) in [5.41, 5.74) is 0. The van der Waals surface area contributed by atoms with Crippen molar-refractivity contribution in [3.8, 4) is 0 Å². The standard InChI is InChI=1S/C13H25N3O2S/c1-5-8-9-16(11(4)6-2)19(17,18)13-10-14-12(7-3)15-13/h10-11H,5-9H2,1-4H3,(H,14,15). The summed E-state index contributed by atoms with van der Waals surface area (Å²) in [6.45, 7) is 8.52. The lowest BCUT2D eigenvalue weighted by Gasteiger charge is -2.26. The van der Waals surface area contributed by atoms with Crippen molar-refractivity contribution in [1.29, 1.82) is 0 Å². The van der Waals surface area contributed by atoms with Gasteiger partial charge in [-0.3, -0.25) is 0 Å². The first kappa shape index (κ1) is 16.2. The molecule has 5 nitrogen and oxygen atoms in total. The van der Waals surface area contributed by atoms with Gasteiger partial charge in [-0.05, 0) is 19.8 Å². The molecule has 0 bridgehead atoms. The van der Waals surface area contributed by atoms with E-state index in [0.717, 1.165) is 19.3 Å². The Kier molecular flexibility index (Phi) is 6.00. The van der Waals surface area contributed by atoms with Gasteiger partial charge in [-0.1, -0.05) is 27.2 Å². The van der Waals surface area contributed by atoms with Gasteiger partial charge in [-0.15, -0.1) is 0 Å². The fourth-order valence-electron chi connectivity index (χ4n) is 1.88. The molecule has 0 aliphatic rings. The van der Waals surface area contributed by atoms with Crippen LogP contribution in [-0.2, 0) is 16.4 Å². The van der Waals surface area contributed by atoms with Gasteiger partial charge in [0, 0.05) is 19.0 Å². The van der Waals surface area contributed by atoms with E-state index in [2.05, 4.69) is 16.9 Å². The number of aromatic amines is 1. The van der Waals surface area contributed by atoms with Crippen LogP contribution in [0.3, 0.4) is 0 Å². The van der Waals surface area contributed by atoms with E-state index >= 15 is 0 Å². The fourth-order valence-corrected chi connectivity index (χ4v) is 3.55. The lowest BCUT2D eigenvalue weighted by molar-refractivity contribution is 0.323. The van der Waals surface area contributed by atoms with Crippen molar-refractivity contribution in [3.63, 3.8) is 0 Å². The lowest BCUT2D eigenvalue weighted by Crippen LogP contribution is -2.39. The van der Waals surface area contributed by atoms with Crippen LogP contribution in [-0.4, -0.2) is 35.3 Å². The number of rotatable bonds is 8. The Morgan fingerprint density at radius 3 is 2.53 bits per heavy atom. The topological polar surface area (TPSA) is 66.1 Å². The molecule has 0 aliphatic heterocycles. The van der Waals surface area contributed by atoms with E-state index in [-0.39, 0.29) is 11.1 Å². The van der Waals surface area contributed by atoms with E-state index in [4.69, 9.17) is 0 Å². The zero-order valence-corrected chi connectivity index (χ0v) is 13.1. The third-order valence-electron chi connectivity index (χ3n) is 3.34.